The van der Waals surface area contributed by atoms with Crippen LogP contribution in [0.4, 0.5) is 0 Å². The van der Waals surface area contributed by atoms with Gasteiger partial charge in [0.25, 0.3) is 0 Å². The fourth-order valence-corrected chi connectivity index (χ4v) is 1.24. The molecule has 1 aromatic rings. The Morgan fingerprint density at radius 2 is 2.13 bits per heavy atom. The van der Waals surface area contributed by atoms with E-state index in [1.54, 1.807) is 6.92 Å². The summed E-state index contributed by atoms with van der Waals surface area (Å²) in [7, 11) is 1.89. The number of hydrogen-bond donors (Lipinski definition) is 1. The number of hydrogen-bond acceptors (Lipinski definition) is 2. The van der Waals surface area contributed by atoms with Gasteiger partial charge in [0.2, 0.25) is 0 Å². The zero-order valence-corrected chi connectivity index (χ0v) is 9.13. The fraction of sp³-hybridized carbons (Fsp3) is 0.308. The molecule has 0 atom stereocenters. The standard InChI is InChI=1S/C13H15NO/c1-11(15)13-9-4-3-7-12(13)8-5-6-10-14-2/h3-4,7,9,14H,6,10H2,1-2H3. The van der Waals surface area contributed by atoms with Crippen LogP contribution in [0.15, 0.2) is 24.3 Å². The van der Waals surface area contributed by atoms with Crippen molar-refractivity contribution in [1.82, 2.24) is 5.32 Å². The lowest BCUT2D eigenvalue weighted by atomic mass is 10.0. The molecule has 1 rings (SSSR count). The topological polar surface area (TPSA) is 29.1 Å². The van der Waals surface area contributed by atoms with Gasteiger partial charge in [0.05, 0.1) is 0 Å². The van der Waals surface area contributed by atoms with Gasteiger partial charge >= 0.3 is 0 Å². The zero-order chi connectivity index (χ0) is 11.1. The highest BCUT2D eigenvalue weighted by Gasteiger charge is 2.02. The average molecular weight is 201 g/mol. The molecule has 0 spiro atoms. The molecule has 2 nitrogen and oxygen atoms in total. The lowest BCUT2D eigenvalue weighted by molar-refractivity contribution is 0.101. The van der Waals surface area contributed by atoms with E-state index in [-0.39, 0.29) is 5.78 Å². The third-order valence-corrected chi connectivity index (χ3v) is 2.03. The molecular weight excluding hydrogens is 186 g/mol. The molecule has 1 aromatic carbocycles. The van der Waals surface area contributed by atoms with Crippen molar-refractivity contribution in [2.75, 3.05) is 13.6 Å². The SMILES string of the molecule is CNCCC#Cc1ccccc1C(C)=O. The van der Waals surface area contributed by atoms with Crippen LogP contribution in [0.1, 0.15) is 29.3 Å². The summed E-state index contributed by atoms with van der Waals surface area (Å²) in [5.74, 6) is 6.12. The van der Waals surface area contributed by atoms with Crippen LogP contribution in [-0.2, 0) is 0 Å². The lowest BCUT2D eigenvalue weighted by Gasteiger charge is -1.98. The molecular formula is C13H15NO. The molecule has 0 radical (unpaired) electrons. The Labute approximate surface area is 90.7 Å². The van der Waals surface area contributed by atoms with Crippen LogP contribution in [0, 0.1) is 11.8 Å². The van der Waals surface area contributed by atoms with Crippen LogP contribution in [0.3, 0.4) is 0 Å². The Morgan fingerprint density at radius 1 is 1.40 bits per heavy atom. The molecule has 0 bridgehead atoms. The van der Waals surface area contributed by atoms with Gasteiger partial charge in [-0.25, -0.2) is 0 Å². The molecule has 0 heterocycles. The maximum absolute atomic E-state index is 11.3. The minimum absolute atomic E-state index is 0.0634. The van der Waals surface area contributed by atoms with Crippen molar-refractivity contribution < 1.29 is 4.79 Å². The normalized spacial score (nSPS) is 9.20. The van der Waals surface area contributed by atoms with Gasteiger partial charge in [-0.15, -0.1) is 0 Å². The van der Waals surface area contributed by atoms with Crippen LogP contribution in [0.25, 0.3) is 0 Å². The Morgan fingerprint density at radius 3 is 2.80 bits per heavy atom. The first-order chi connectivity index (χ1) is 7.25. The molecule has 0 fully saturated rings. The summed E-state index contributed by atoms with van der Waals surface area (Å²) in [6.07, 6.45) is 0.794. The fourth-order valence-electron chi connectivity index (χ4n) is 1.24. The highest BCUT2D eigenvalue weighted by atomic mass is 16.1. The van der Waals surface area contributed by atoms with E-state index < -0.39 is 0 Å². The predicted octanol–water partition coefficient (Wildman–Crippen LogP) is 1.85. The van der Waals surface area contributed by atoms with Gasteiger partial charge in [0.15, 0.2) is 5.78 Å². The van der Waals surface area contributed by atoms with Crippen molar-refractivity contribution in [1.29, 1.82) is 0 Å². The number of rotatable bonds is 3. The number of benzene rings is 1. The lowest BCUT2D eigenvalue weighted by Crippen LogP contribution is -2.06. The van der Waals surface area contributed by atoms with Crippen LogP contribution in [-0.4, -0.2) is 19.4 Å². The van der Waals surface area contributed by atoms with E-state index in [2.05, 4.69) is 17.2 Å². The van der Waals surface area contributed by atoms with Gasteiger partial charge in [-0.2, -0.15) is 0 Å². The first kappa shape index (κ1) is 11.5. The average Bonchev–Trinajstić information content (AvgIpc) is 2.25. The van der Waals surface area contributed by atoms with Crippen molar-refractivity contribution in [3.05, 3.63) is 35.4 Å². The van der Waals surface area contributed by atoms with E-state index in [1.807, 2.05) is 31.3 Å². The highest BCUT2D eigenvalue weighted by Crippen LogP contribution is 2.07. The first-order valence-corrected chi connectivity index (χ1v) is 4.99. The van der Waals surface area contributed by atoms with E-state index in [0.717, 1.165) is 18.5 Å². The molecule has 0 aliphatic rings. The Balaban J connectivity index is 2.83. The van der Waals surface area contributed by atoms with Crippen molar-refractivity contribution in [3.63, 3.8) is 0 Å². The first-order valence-electron chi connectivity index (χ1n) is 4.99. The van der Waals surface area contributed by atoms with Crippen molar-refractivity contribution in [3.8, 4) is 11.8 Å². The number of ketones is 1. The van der Waals surface area contributed by atoms with Gasteiger partial charge in [0, 0.05) is 24.1 Å². The number of carbonyl (C=O) groups is 1. The van der Waals surface area contributed by atoms with E-state index in [1.165, 1.54) is 0 Å². The zero-order valence-electron chi connectivity index (χ0n) is 9.13. The molecule has 2 heteroatoms. The predicted molar refractivity (Wildman–Crippen MR) is 61.9 cm³/mol. The molecule has 0 aliphatic carbocycles. The number of carbonyl (C=O) groups excluding carboxylic acids is 1. The van der Waals surface area contributed by atoms with Gasteiger partial charge in [0.1, 0.15) is 0 Å². The quantitative estimate of drug-likeness (QED) is 0.459. The second-order valence-corrected chi connectivity index (χ2v) is 3.26. The molecule has 15 heavy (non-hydrogen) atoms. The van der Waals surface area contributed by atoms with E-state index in [9.17, 15) is 4.79 Å². The largest absolute Gasteiger partial charge is 0.319 e. The number of Topliss-reactive ketones (excluding diaryl/α,β-unsaturated/α-hetero) is 1. The van der Waals surface area contributed by atoms with Crippen LogP contribution in [0.5, 0.6) is 0 Å². The summed E-state index contributed by atoms with van der Waals surface area (Å²) in [5.41, 5.74) is 1.52. The van der Waals surface area contributed by atoms with Gasteiger partial charge < -0.3 is 5.32 Å². The molecule has 78 valence electrons. The summed E-state index contributed by atoms with van der Waals surface area (Å²) in [6, 6.07) is 7.44. The summed E-state index contributed by atoms with van der Waals surface area (Å²) in [4.78, 5) is 11.3. The summed E-state index contributed by atoms with van der Waals surface area (Å²) in [6.45, 7) is 2.43. The van der Waals surface area contributed by atoms with Crippen LogP contribution < -0.4 is 5.32 Å². The minimum Gasteiger partial charge on any atom is -0.319 e. The van der Waals surface area contributed by atoms with Gasteiger partial charge in [-0.3, -0.25) is 4.79 Å². The summed E-state index contributed by atoms with van der Waals surface area (Å²) >= 11 is 0. The molecule has 0 aliphatic heterocycles. The maximum Gasteiger partial charge on any atom is 0.161 e. The molecule has 0 unspecified atom stereocenters. The van der Waals surface area contributed by atoms with E-state index >= 15 is 0 Å². The number of nitrogens with one attached hydrogen (secondary N) is 1. The van der Waals surface area contributed by atoms with E-state index in [0.29, 0.717) is 5.56 Å². The molecule has 0 amide bonds. The highest BCUT2D eigenvalue weighted by molar-refractivity contribution is 5.96. The van der Waals surface area contributed by atoms with Gasteiger partial charge in [-0.1, -0.05) is 30.0 Å². The third kappa shape index (κ3) is 3.57. The Kier molecular flexibility index (Phi) is 4.59. The Hall–Kier alpha value is -1.59. The summed E-state index contributed by atoms with van der Waals surface area (Å²) in [5, 5.41) is 3.02. The van der Waals surface area contributed by atoms with Crippen LogP contribution >= 0.6 is 0 Å². The Bertz CT molecular complexity index is 398. The summed E-state index contributed by atoms with van der Waals surface area (Å²) < 4.78 is 0. The third-order valence-electron chi connectivity index (χ3n) is 2.03. The second kappa shape index (κ2) is 6.00. The van der Waals surface area contributed by atoms with E-state index in [4.69, 9.17) is 0 Å². The van der Waals surface area contributed by atoms with Crippen molar-refractivity contribution >= 4 is 5.78 Å². The monoisotopic (exact) mass is 201 g/mol. The van der Waals surface area contributed by atoms with Crippen molar-refractivity contribution in [2.45, 2.75) is 13.3 Å². The second-order valence-electron chi connectivity index (χ2n) is 3.26. The maximum atomic E-state index is 11.3. The van der Waals surface area contributed by atoms with Crippen molar-refractivity contribution in [2.24, 2.45) is 0 Å². The molecule has 0 aromatic heterocycles. The molecule has 0 saturated carbocycles. The smallest absolute Gasteiger partial charge is 0.161 e. The minimum atomic E-state index is 0.0634. The molecule has 1 N–H and O–H groups in total. The van der Waals surface area contributed by atoms with Gasteiger partial charge in [-0.05, 0) is 20.0 Å². The van der Waals surface area contributed by atoms with Crippen LogP contribution in [0.2, 0.25) is 0 Å². The molecule has 0 saturated heterocycles.